The smallest absolute Gasteiger partial charge is 0.0951 e. The highest BCUT2D eigenvalue weighted by molar-refractivity contribution is 5.03. The molecule has 1 aromatic heterocycles. The summed E-state index contributed by atoms with van der Waals surface area (Å²) in [7, 11) is 2.29. The molecule has 1 aromatic rings. The van der Waals surface area contributed by atoms with E-state index in [4.69, 9.17) is 5.73 Å². The number of fused-ring (bicyclic) bond motifs is 2. The van der Waals surface area contributed by atoms with E-state index < -0.39 is 0 Å². The number of rotatable bonds is 2. The normalized spacial score (nSPS) is 33.9. The van der Waals surface area contributed by atoms with Gasteiger partial charge in [-0.05, 0) is 32.7 Å². The van der Waals surface area contributed by atoms with E-state index >= 15 is 0 Å². The maximum absolute atomic E-state index is 5.77. The van der Waals surface area contributed by atoms with Gasteiger partial charge in [0.25, 0.3) is 0 Å². The van der Waals surface area contributed by atoms with Crippen molar-refractivity contribution in [3.05, 3.63) is 18.2 Å². The Morgan fingerprint density at radius 2 is 2.00 bits per heavy atom. The van der Waals surface area contributed by atoms with Crippen molar-refractivity contribution in [2.24, 2.45) is 5.73 Å². The third kappa shape index (κ3) is 1.89. The van der Waals surface area contributed by atoms with Crippen LogP contribution in [0.3, 0.4) is 0 Å². The van der Waals surface area contributed by atoms with Gasteiger partial charge in [-0.2, -0.15) is 0 Å². The second-order valence-corrected chi connectivity index (χ2v) is 5.53. The molecule has 17 heavy (non-hydrogen) atoms. The molecule has 0 spiro atoms. The predicted molar refractivity (Wildman–Crippen MR) is 67.6 cm³/mol. The van der Waals surface area contributed by atoms with Crippen molar-refractivity contribution in [3.63, 3.8) is 0 Å². The summed E-state index contributed by atoms with van der Waals surface area (Å²) in [5.74, 6) is 0. The maximum atomic E-state index is 5.77. The van der Waals surface area contributed by atoms with Crippen LogP contribution in [0.25, 0.3) is 0 Å². The zero-order valence-corrected chi connectivity index (χ0v) is 10.5. The molecule has 4 nitrogen and oxygen atoms in total. The van der Waals surface area contributed by atoms with Crippen LogP contribution in [0.4, 0.5) is 0 Å². The monoisotopic (exact) mass is 234 g/mol. The molecule has 2 N–H and O–H groups in total. The van der Waals surface area contributed by atoms with Crippen LogP contribution in [0, 0.1) is 0 Å². The predicted octanol–water partition coefficient (Wildman–Crippen LogP) is 1.53. The number of hydrogen-bond donors (Lipinski definition) is 1. The molecule has 0 saturated carbocycles. The van der Waals surface area contributed by atoms with Crippen molar-refractivity contribution in [3.8, 4) is 0 Å². The first-order valence-corrected chi connectivity index (χ1v) is 6.72. The van der Waals surface area contributed by atoms with Gasteiger partial charge in [0.05, 0.1) is 12.0 Å². The van der Waals surface area contributed by atoms with Crippen molar-refractivity contribution in [2.45, 2.75) is 56.8 Å². The molecule has 3 heterocycles. The van der Waals surface area contributed by atoms with Crippen LogP contribution in [0.5, 0.6) is 0 Å². The molecule has 2 aliphatic heterocycles. The summed E-state index contributed by atoms with van der Waals surface area (Å²) >= 11 is 0. The van der Waals surface area contributed by atoms with Gasteiger partial charge in [0.15, 0.2) is 0 Å². The SMILES string of the molecule is CN1C2CCCC1CC(n1cncc1CN)C2. The Kier molecular flexibility index (Phi) is 2.92. The molecule has 0 radical (unpaired) electrons. The number of aromatic nitrogens is 2. The van der Waals surface area contributed by atoms with Crippen LogP contribution in [-0.2, 0) is 6.54 Å². The van der Waals surface area contributed by atoms with E-state index in [-0.39, 0.29) is 0 Å². The van der Waals surface area contributed by atoms with E-state index in [0.29, 0.717) is 12.6 Å². The summed E-state index contributed by atoms with van der Waals surface area (Å²) < 4.78 is 2.32. The van der Waals surface area contributed by atoms with Gasteiger partial charge in [-0.1, -0.05) is 6.42 Å². The first-order chi connectivity index (χ1) is 8.29. The molecule has 2 saturated heterocycles. The fraction of sp³-hybridized carbons (Fsp3) is 0.769. The Morgan fingerprint density at radius 1 is 1.29 bits per heavy atom. The lowest BCUT2D eigenvalue weighted by Crippen LogP contribution is -2.50. The summed E-state index contributed by atoms with van der Waals surface area (Å²) in [6, 6.07) is 2.14. The summed E-state index contributed by atoms with van der Waals surface area (Å²) in [6.45, 7) is 0.599. The minimum Gasteiger partial charge on any atom is -0.330 e. The summed E-state index contributed by atoms with van der Waals surface area (Å²) in [6.07, 6.45) is 10.5. The standard InChI is InChI=1S/C13H22N4/c1-16-10-3-2-4-11(16)6-12(5-10)17-9-15-8-13(17)7-14/h8-12H,2-7,14H2,1H3. The van der Waals surface area contributed by atoms with E-state index in [1.54, 1.807) is 0 Å². The second kappa shape index (κ2) is 4.42. The van der Waals surface area contributed by atoms with Gasteiger partial charge in [0.2, 0.25) is 0 Å². The number of imidazole rings is 1. The van der Waals surface area contributed by atoms with Crippen molar-refractivity contribution >= 4 is 0 Å². The Labute approximate surface area is 103 Å². The van der Waals surface area contributed by atoms with Crippen LogP contribution < -0.4 is 5.73 Å². The van der Waals surface area contributed by atoms with Gasteiger partial charge >= 0.3 is 0 Å². The minimum absolute atomic E-state index is 0.599. The van der Waals surface area contributed by atoms with Gasteiger partial charge in [-0.3, -0.25) is 0 Å². The van der Waals surface area contributed by atoms with E-state index in [0.717, 1.165) is 12.1 Å². The van der Waals surface area contributed by atoms with Crippen LogP contribution in [0.2, 0.25) is 0 Å². The average molecular weight is 234 g/mol. The molecule has 94 valence electrons. The Hall–Kier alpha value is -0.870. The van der Waals surface area contributed by atoms with Crippen LogP contribution in [-0.4, -0.2) is 33.6 Å². The van der Waals surface area contributed by atoms with Crippen LogP contribution >= 0.6 is 0 Å². The molecule has 3 rings (SSSR count). The maximum Gasteiger partial charge on any atom is 0.0951 e. The highest BCUT2D eigenvalue weighted by Gasteiger charge is 2.36. The molecule has 0 aliphatic carbocycles. The van der Waals surface area contributed by atoms with E-state index in [1.165, 1.54) is 37.8 Å². The summed E-state index contributed by atoms with van der Waals surface area (Å²) in [5.41, 5.74) is 6.95. The van der Waals surface area contributed by atoms with Crippen LogP contribution in [0.15, 0.2) is 12.5 Å². The van der Waals surface area contributed by atoms with Crippen molar-refractivity contribution in [1.82, 2.24) is 14.5 Å². The average Bonchev–Trinajstić information content (AvgIpc) is 2.76. The Balaban J connectivity index is 1.82. The van der Waals surface area contributed by atoms with Gasteiger partial charge in [-0.25, -0.2) is 4.98 Å². The van der Waals surface area contributed by atoms with E-state index in [1.807, 2.05) is 12.5 Å². The molecule has 0 amide bonds. The third-order valence-electron chi connectivity index (χ3n) is 4.66. The molecular weight excluding hydrogens is 212 g/mol. The van der Waals surface area contributed by atoms with Crippen molar-refractivity contribution in [1.29, 1.82) is 0 Å². The summed E-state index contributed by atoms with van der Waals surface area (Å²) in [4.78, 5) is 6.85. The van der Waals surface area contributed by atoms with E-state index in [2.05, 4.69) is 21.5 Å². The Bertz CT molecular complexity index is 373. The quantitative estimate of drug-likeness (QED) is 0.844. The minimum atomic E-state index is 0.599. The topological polar surface area (TPSA) is 47.1 Å². The fourth-order valence-electron chi connectivity index (χ4n) is 3.63. The highest BCUT2D eigenvalue weighted by Crippen LogP contribution is 2.38. The first kappa shape index (κ1) is 11.2. The zero-order chi connectivity index (χ0) is 11.8. The number of hydrogen-bond acceptors (Lipinski definition) is 3. The second-order valence-electron chi connectivity index (χ2n) is 5.53. The fourth-order valence-corrected chi connectivity index (χ4v) is 3.63. The van der Waals surface area contributed by atoms with Gasteiger partial charge in [0.1, 0.15) is 0 Å². The van der Waals surface area contributed by atoms with Crippen molar-refractivity contribution < 1.29 is 0 Å². The Morgan fingerprint density at radius 3 is 2.65 bits per heavy atom. The number of piperidine rings is 2. The van der Waals surface area contributed by atoms with Gasteiger partial charge in [0, 0.05) is 30.9 Å². The van der Waals surface area contributed by atoms with Crippen LogP contribution in [0.1, 0.15) is 43.8 Å². The first-order valence-electron chi connectivity index (χ1n) is 6.72. The molecule has 4 heteroatoms. The lowest BCUT2D eigenvalue weighted by molar-refractivity contribution is 0.0394. The molecule has 2 unspecified atom stereocenters. The lowest BCUT2D eigenvalue weighted by Gasteiger charge is -2.47. The van der Waals surface area contributed by atoms with Gasteiger partial charge in [-0.15, -0.1) is 0 Å². The third-order valence-corrected chi connectivity index (χ3v) is 4.66. The molecule has 2 bridgehead atoms. The zero-order valence-electron chi connectivity index (χ0n) is 10.5. The summed E-state index contributed by atoms with van der Waals surface area (Å²) in [5, 5.41) is 0. The van der Waals surface area contributed by atoms with Crippen molar-refractivity contribution in [2.75, 3.05) is 7.05 Å². The molecule has 2 fully saturated rings. The molecule has 0 aromatic carbocycles. The van der Waals surface area contributed by atoms with E-state index in [9.17, 15) is 0 Å². The molecule has 2 atom stereocenters. The largest absolute Gasteiger partial charge is 0.330 e. The molecular formula is C13H22N4. The number of nitrogens with zero attached hydrogens (tertiary/aromatic N) is 3. The highest BCUT2D eigenvalue weighted by atomic mass is 15.2. The van der Waals surface area contributed by atoms with Gasteiger partial charge < -0.3 is 15.2 Å². The molecule has 2 aliphatic rings. The number of nitrogens with two attached hydrogens (primary N) is 1. The lowest BCUT2D eigenvalue weighted by atomic mass is 9.82.